The number of thioether (sulfide) groups is 1. The average Bonchev–Trinajstić information content (AvgIpc) is 2.28. The number of anilines is 2. The molecule has 1 rings (SSSR count). The maximum atomic E-state index is 5.74. The van der Waals surface area contributed by atoms with Crippen molar-refractivity contribution >= 4 is 23.4 Å². The van der Waals surface area contributed by atoms with Gasteiger partial charge in [0.1, 0.15) is 11.6 Å². The van der Waals surface area contributed by atoms with E-state index in [1.807, 2.05) is 19.4 Å². The molecule has 0 aliphatic carbocycles. The van der Waals surface area contributed by atoms with Crippen molar-refractivity contribution in [3.05, 3.63) is 6.07 Å². The molecule has 4 nitrogen and oxygen atoms in total. The van der Waals surface area contributed by atoms with E-state index in [9.17, 15) is 0 Å². The van der Waals surface area contributed by atoms with E-state index in [1.165, 1.54) is 31.0 Å². The van der Waals surface area contributed by atoms with Gasteiger partial charge in [-0.05, 0) is 12.7 Å². The first-order chi connectivity index (χ1) is 7.67. The zero-order valence-electron chi connectivity index (χ0n) is 10.2. The fourth-order valence-corrected chi connectivity index (χ4v) is 1.81. The number of aromatic nitrogens is 2. The monoisotopic (exact) mass is 240 g/mol. The van der Waals surface area contributed by atoms with Crippen LogP contribution in [0.2, 0.25) is 0 Å². The van der Waals surface area contributed by atoms with Gasteiger partial charge in [0.2, 0.25) is 0 Å². The summed E-state index contributed by atoms with van der Waals surface area (Å²) in [5, 5.41) is 0.734. The molecule has 0 fully saturated rings. The summed E-state index contributed by atoms with van der Waals surface area (Å²) in [5.41, 5.74) is 5.74. The van der Waals surface area contributed by atoms with Gasteiger partial charge < -0.3 is 10.6 Å². The molecule has 0 saturated heterocycles. The highest BCUT2D eigenvalue weighted by Gasteiger charge is 2.06. The normalized spacial score (nSPS) is 10.4. The molecule has 0 aromatic carbocycles. The van der Waals surface area contributed by atoms with Crippen molar-refractivity contribution in [1.29, 1.82) is 0 Å². The Hall–Kier alpha value is -0.970. The smallest absolute Gasteiger partial charge is 0.191 e. The molecule has 0 unspecified atom stereocenters. The van der Waals surface area contributed by atoms with Crippen LogP contribution in [-0.4, -0.2) is 29.8 Å². The fraction of sp³-hybridized carbons (Fsp3) is 0.636. The van der Waals surface area contributed by atoms with Crippen LogP contribution in [-0.2, 0) is 0 Å². The van der Waals surface area contributed by atoms with Crippen LogP contribution in [0.15, 0.2) is 11.2 Å². The highest BCUT2D eigenvalue weighted by Crippen LogP contribution is 2.18. The maximum absolute atomic E-state index is 5.74. The number of rotatable bonds is 6. The molecule has 5 heteroatoms. The summed E-state index contributed by atoms with van der Waals surface area (Å²) in [5.74, 6) is 1.45. The second kappa shape index (κ2) is 6.58. The number of hydrogen-bond donors (Lipinski definition) is 1. The van der Waals surface area contributed by atoms with Crippen LogP contribution in [0.3, 0.4) is 0 Å². The topological polar surface area (TPSA) is 55.0 Å². The fourth-order valence-electron chi connectivity index (χ4n) is 1.43. The number of unbranched alkanes of at least 4 members (excludes halogenated alkanes) is 2. The highest BCUT2D eigenvalue weighted by atomic mass is 32.2. The zero-order chi connectivity index (χ0) is 12.0. The first kappa shape index (κ1) is 13.1. The molecule has 0 bridgehead atoms. The van der Waals surface area contributed by atoms with Crippen molar-refractivity contribution in [2.24, 2.45) is 0 Å². The molecule has 16 heavy (non-hydrogen) atoms. The van der Waals surface area contributed by atoms with Crippen molar-refractivity contribution in [3.8, 4) is 0 Å². The summed E-state index contributed by atoms with van der Waals surface area (Å²) in [6, 6.07) is 1.83. The second-order valence-corrected chi connectivity index (χ2v) is 4.54. The van der Waals surface area contributed by atoms with Gasteiger partial charge in [-0.1, -0.05) is 31.5 Å². The molecular weight excluding hydrogens is 220 g/mol. The first-order valence-electron chi connectivity index (χ1n) is 5.57. The van der Waals surface area contributed by atoms with Gasteiger partial charge in [0, 0.05) is 19.7 Å². The van der Waals surface area contributed by atoms with Gasteiger partial charge in [0.05, 0.1) is 0 Å². The van der Waals surface area contributed by atoms with Crippen molar-refractivity contribution in [2.45, 2.75) is 31.3 Å². The summed E-state index contributed by atoms with van der Waals surface area (Å²) < 4.78 is 0. The molecule has 0 atom stereocenters. The lowest BCUT2D eigenvalue weighted by atomic mass is 10.2. The van der Waals surface area contributed by atoms with E-state index in [1.54, 1.807) is 0 Å². The molecule has 0 radical (unpaired) electrons. The van der Waals surface area contributed by atoms with E-state index in [-0.39, 0.29) is 0 Å². The lowest BCUT2D eigenvalue weighted by Crippen LogP contribution is -2.20. The molecule has 0 aliphatic rings. The molecular formula is C11H20N4S. The van der Waals surface area contributed by atoms with Crippen molar-refractivity contribution in [2.75, 3.05) is 30.5 Å². The van der Waals surface area contributed by atoms with Crippen molar-refractivity contribution in [1.82, 2.24) is 9.97 Å². The molecule has 2 N–H and O–H groups in total. The van der Waals surface area contributed by atoms with E-state index < -0.39 is 0 Å². The number of hydrogen-bond acceptors (Lipinski definition) is 5. The highest BCUT2D eigenvalue weighted by molar-refractivity contribution is 7.98. The lowest BCUT2D eigenvalue weighted by molar-refractivity contribution is 0.698. The van der Waals surface area contributed by atoms with E-state index in [0.29, 0.717) is 5.82 Å². The minimum atomic E-state index is 0.539. The van der Waals surface area contributed by atoms with E-state index >= 15 is 0 Å². The molecule has 0 amide bonds. The van der Waals surface area contributed by atoms with Crippen LogP contribution in [0, 0.1) is 0 Å². The Balaban J connectivity index is 2.66. The van der Waals surface area contributed by atoms with E-state index in [4.69, 9.17) is 5.73 Å². The molecule has 1 heterocycles. The Morgan fingerprint density at radius 1 is 1.38 bits per heavy atom. The number of nitrogens with zero attached hydrogens (tertiary/aromatic N) is 3. The van der Waals surface area contributed by atoms with Gasteiger partial charge in [-0.15, -0.1) is 0 Å². The number of nitrogen functional groups attached to an aromatic ring is 1. The van der Waals surface area contributed by atoms with E-state index in [2.05, 4.69) is 21.8 Å². The Kier molecular flexibility index (Phi) is 5.38. The summed E-state index contributed by atoms with van der Waals surface area (Å²) in [6.07, 6.45) is 5.62. The van der Waals surface area contributed by atoms with Crippen LogP contribution in [0.5, 0.6) is 0 Å². The molecule has 0 spiro atoms. The third kappa shape index (κ3) is 3.89. The van der Waals surface area contributed by atoms with Crippen LogP contribution >= 0.6 is 11.8 Å². The predicted molar refractivity (Wildman–Crippen MR) is 71.0 cm³/mol. The van der Waals surface area contributed by atoms with Gasteiger partial charge in [-0.25, -0.2) is 9.97 Å². The first-order valence-corrected chi connectivity index (χ1v) is 6.79. The summed E-state index contributed by atoms with van der Waals surface area (Å²) in [6.45, 7) is 3.21. The lowest BCUT2D eigenvalue weighted by Gasteiger charge is -2.18. The Morgan fingerprint density at radius 3 is 2.75 bits per heavy atom. The van der Waals surface area contributed by atoms with Crippen molar-refractivity contribution < 1.29 is 0 Å². The van der Waals surface area contributed by atoms with Crippen LogP contribution in [0.4, 0.5) is 11.6 Å². The van der Waals surface area contributed by atoms with Crippen LogP contribution in [0.25, 0.3) is 0 Å². The average molecular weight is 240 g/mol. The minimum Gasteiger partial charge on any atom is -0.383 e. The maximum Gasteiger partial charge on any atom is 0.191 e. The molecule has 90 valence electrons. The van der Waals surface area contributed by atoms with Gasteiger partial charge >= 0.3 is 0 Å². The standard InChI is InChI=1S/C11H20N4S/c1-4-5-6-7-15(2)10-8-9(12)13-11(14-10)16-3/h8H,4-7H2,1-3H3,(H2,12,13,14). The number of nitrogens with two attached hydrogens (primary N) is 1. The third-order valence-electron chi connectivity index (χ3n) is 2.38. The molecule has 1 aromatic rings. The molecule has 0 saturated carbocycles. The Labute approximate surface area is 102 Å². The summed E-state index contributed by atoms with van der Waals surface area (Å²) in [7, 11) is 2.04. The van der Waals surface area contributed by atoms with Crippen LogP contribution in [0.1, 0.15) is 26.2 Å². The van der Waals surface area contributed by atoms with Gasteiger partial charge in [-0.3, -0.25) is 0 Å². The Bertz CT molecular complexity index is 330. The molecule has 0 aliphatic heterocycles. The van der Waals surface area contributed by atoms with Gasteiger partial charge in [-0.2, -0.15) is 0 Å². The quantitative estimate of drug-likeness (QED) is 0.470. The third-order valence-corrected chi connectivity index (χ3v) is 2.93. The summed E-state index contributed by atoms with van der Waals surface area (Å²) >= 11 is 1.51. The summed E-state index contributed by atoms with van der Waals surface area (Å²) in [4.78, 5) is 10.7. The SMILES string of the molecule is CCCCCN(C)c1cc(N)nc(SC)n1. The predicted octanol–water partition coefficient (Wildman–Crippen LogP) is 2.41. The van der Waals surface area contributed by atoms with Gasteiger partial charge in [0.15, 0.2) is 5.16 Å². The minimum absolute atomic E-state index is 0.539. The molecule has 1 aromatic heterocycles. The second-order valence-electron chi connectivity index (χ2n) is 3.77. The van der Waals surface area contributed by atoms with Crippen molar-refractivity contribution in [3.63, 3.8) is 0 Å². The van der Waals surface area contributed by atoms with E-state index in [0.717, 1.165) is 17.5 Å². The van der Waals surface area contributed by atoms with Gasteiger partial charge in [0.25, 0.3) is 0 Å². The van der Waals surface area contributed by atoms with Crippen LogP contribution < -0.4 is 10.6 Å². The largest absolute Gasteiger partial charge is 0.383 e. The Morgan fingerprint density at radius 2 is 2.12 bits per heavy atom. The zero-order valence-corrected chi connectivity index (χ0v) is 11.0.